The van der Waals surface area contributed by atoms with Gasteiger partial charge in [0.05, 0.1) is 13.2 Å². The molecule has 0 heterocycles. The molecule has 0 spiro atoms. The maximum atomic E-state index is 14.0. The second kappa shape index (κ2) is 12.0. The van der Waals surface area contributed by atoms with Crippen LogP contribution < -0.4 is 0 Å². The highest BCUT2D eigenvalue weighted by Crippen LogP contribution is 2.67. The van der Waals surface area contributed by atoms with E-state index in [1.165, 1.54) is 0 Å². The number of Topliss-reactive ketones (excluding diaryl/α,β-unsaturated/α-hetero) is 2. The summed E-state index contributed by atoms with van der Waals surface area (Å²) in [4.78, 5) is 65.1. The first-order valence-electron chi connectivity index (χ1n) is 15.0. The molecule has 0 unspecified atom stereocenters. The zero-order valence-electron chi connectivity index (χ0n) is 24.4. The Hall–Kier alpha value is -2.71. The van der Waals surface area contributed by atoms with E-state index in [1.54, 1.807) is 6.08 Å². The molecule has 4 rings (SSSR count). The Kier molecular flexibility index (Phi) is 9.10. The number of fused-ring (bicyclic) bond motifs is 5. The number of rotatable bonds is 10. The van der Waals surface area contributed by atoms with Gasteiger partial charge in [0.2, 0.25) is 5.78 Å². The largest absolute Gasteiger partial charge is 0.509 e. The van der Waals surface area contributed by atoms with Crippen molar-refractivity contribution in [1.82, 2.24) is 0 Å². The number of ketones is 3. The minimum atomic E-state index is -1.66. The Morgan fingerprint density at radius 1 is 0.900 bits per heavy atom. The summed E-state index contributed by atoms with van der Waals surface area (Å²) in [7, 11) is 0. The van der Waals surface area contributed by atoms with Crippen molar-refractivity contribution in [2.45, 2.75) is 104 Å². The predicted molar refractivity (Wildman–Crippen MR) is 144 cm³/mol. The standard InChI is InChI=1S/C31H44O9/c1-5-7-15-37-27(35)39-19-25(34)31(40-28(36)38-16-8-6-2)14-12-23-22-10-9-20-17-21(32)11-13-29(20,3)26(22)24(33)18-30(23,31)4/h17,22-23,26H,5-16,18-19H2,1-4H3/t22-,23-,26+,29-,30-,31-/m0/s1. The molecule has 0 amide bonds. The van der Waals surface area contributed by atoms with Crippen molar-refractivity contribution in [3.63, 3.8) is 0 Å². The van der Waals surface area contributed by atoms with Gasteiger partial charge in [-0.2, -0.15) is 0 Å². The van der Waals surface area contributed by atoms with Gasteiger partial charge in [0.15, 0.2) is 18.0 Å². The molecule has 4 aliphatic carbocycles. The molecule has 0 aliphatic heterocycles. The van der Waals surface area contributed by atoms with E-state index in [4.69, 9.17) is 18.9 Å². The van der Waals surface area contributed by atoms with Crippen LogP contribution in [-0.4, -0.2) is 55.1 Å². The smallest absolute Gasteiger partial charge is 0.434 e. The fourth-order valence-electron chi connectivity index (χ4n) is 8.11. The Morgan fingerprint density at radius 2 is 1.57 bits per heavy atom. The van der Waals surface area contributed by atoms with Crippen molar-refractivity contribution >= 4 is 29.7 Å². The molecular weight excluding hydrogens is 516 g/mol. The molecule has 0 aromatic carbocycles. The van der Waals surface area contributed by atoms with Crippen LogP contribution in [0.4, 0.5) is 9.59 Å². The average Bonchev–Trinajstić information content (AvgIpc) is 3.19. The van der Waals surface area contributed by atoms with Crippen molar-refractivity contribution in [2.24, 2.45) is 28.6 Å². The monoisotopic (exact) mass is 560 g/mol. The third-order valence-electron chi connectivity index (χ3n) is 10.2. The van der Waals surface area contributed by atoms with Gasteiger partial charge in [-0.1, -0.05) is 46.1 Å². The molecule has 9 nitrogen and oxygen atoms in total. The van der Waals surface area contributed by atoms with Crippen molar-refractivity contribution < 1.29 is 42.9 Å². The number of carbonyl (C=O) groups excluding carboxylic acids is 5. The summed E-state index contributed by atoms with van der Waals surface area (Å²) in [5.41, 5.74) is -1.96. The highest BCUT2D eigenvalue weighted by atomic mass is 16.7. The molecule has 0 N–H and O–H groups in total. The summed E-state index contributed by atoms with van der Waals surface area (Å²) >= 11 is 0. The number of ether oxygens (including phenoxy) is 4. The Labute approximate surface area is 236 Å². The number of hydrogen-bond donors (Lipinski definition) is 0. The third-order valence-corrected chi connectivity index (χ3v) is 10.2. The Balaban J connectivity index is 1.61. The topological polar surface area (TPSA) is 122 Å². The lowest BCUT2D eigenvalue weighted by Gasteiger charge is -2.57. The maximum absolute atomic E-state index is 14.0. The van der Waals surface area contributed by atoms with E-state index in [2.05, 4.69) is 6.92 Å². The summed E-state index contributed by atoms with van der Waals surface area (Å²) in [6, 6.07) is 0. The van der Waals surface area contributed by atoms with E-state index < -0.39 is 35.7 Å². The number of hydrogen-bond acceptors (Lipinski definition) is 9. The van der Waals surface area contributed by atoms with Gasteiger partial charge >= 0.3 is 12.3 Å². The lowest BCUT2D eigenvalue weighted by molar-refractivity contribution is -0.175. The van der Waals surface area contributed by atoms with Crippen LogP contribution in [0.1, 0.15) is 98.3 Å². The molecule has 0 bridgehead atoms. The molecular formula is C31H44O9. The van der Waals surface area contributed by atoms with Crippen LogP contribution in [0, 0.1) is 28.6 Å². The van der Waals surface area contributed by atoms with Crippen LogP contribution in [0.5, 0.6) is 0 Å². The predicted octanol–water partition coefficient (Wildman–Crippen LogP) is 5.91. The molecule has 222 valence electrons. The quantitative estimate of drug-likeness (QED) is 0.237. The molecule has 9 heteroatoms. The van der Waals surface area contributed by atoms with E-state index in [9.17, 15) is 24.0 Å². The molecule has 4 aliphatic rings. The molecule has 0 aromatic heterocycles. The van der Waals surface area contributed by atoms with Gasteiger partial charge in [0.1, 0.15) is 5.78 Å². The van der Waals surface area contributed by atoms with Crippen LogP contribution in [-0.2, 0) is 33.3 Å². The van der Waals surface area contributed by atoms with Crippen LogP contribution in [0.2, 0.25) is 0 Å². The summed E-state index contributed by atoms with van der Waals surface area (Å²) in [5.74, 6) is -0.716. The van der Waals surface area contributed by atoms with Gasteiger partial charge in [-0.05, 0) is 68.3 Å². The van der Waals surface area contributed by atoms with Gasteiger partial charge in [0.25, 0.3) is 0 Å². The average molecular weight is 561 g/mol. The van der Waals surface area contributed by atoms with Crippen molar-refractivity contribution in [3.05, 3.63) is 11.6 Å². The molecule has 3 fully saturated rings. The van der Waals surface area contributed by atoms with Crippen LogP contribution in [0.25, 0.3) is 0 Å². The van der Waals surface area contributed by atoms with E-state index >= 15 is 0 Å². The first-order valence-corrected chi connectivity index (χ1v) is 15.0. The summed E-state index contributed by atoms with van der Waals surface area (Å²) in [5, 5.41) is 0. The highest BCUT2D eigenvalue weighted by molar-refractivity contribution is 5.95. The van der Waals surface area contributed by atoms with E-state index in [-0.39, 0.29) is 60.8 Å². The van der Waals surface area contributed by atoms with Crippen LogP contribution >= 0.6 is 0 Å². The zero-order chi connectivity index (χ0) is 29.1. The van der Waals surface area contributed by atoms with Gasteiger partial charge in [-0.25, -0.2) is 9.59 Å². The first-order chi connectivity index (χ1) is 19.0. The summed E-state index contributed by atoms with van der Waals surface area (Å²) in [6.45, 7) is 7.64. The Bertz CT molecular complexity index is 1060. The number of unbranched alkanes of at least 4 members (excludes halogenated alkanes) is 2. The van der Waals surface area contributed by atoms with Crippen LogP contribution in [0.15, 0.2) is 11.6 Å². The van der Waals surface area contributed by atoms with E-state index in [0.29, 0.717) is 32.1 Å². The summed E-state index contributed by atoms with van der Waals surface area (Å²) in [6.07, 6.45) is 6.25. The molecule has 0 radical (unpaired) electrons. The van der Waals surface area contributed by atoms with Crippen molar-refractivity contribution in [3.8, 4) is 0 Å². The fourth-order valence-corrected chi connectivity index (χ4v) is 8.11. The SMILES string of the molecule is CCCCOC(=O)OCC(=O)[C@@]1(OC(=O)OCCCC)CC[C@H]2[C@@H]3CCC4=CC(=O)CC[C@]4(C)[C@H]3C(=O)C[C@@]21C. The van der Waals surface area contributed by atoms with Gasteiger partial charge in [0, 0.05) is 24.2 Å². The van der Waals surface area contributed by atoms with E-state index in [0.717, 1.165) is 31.3 Å². The minimum Gasteiger partial charge on any atom is -0.434 e. The molecule has 6 atom stereocenters. The van der Waals surface area contributed by atoms with E-state index in [1.807, 2.05) is 20.8 Å². The van der Waals surface area contributed by atoms with Gasteiger partial charge < -0.3 is 18.9 Å². The molecule has 0 aromatic rings. The third kappa shape index (κ3) is 5.32. The zero-order valence-corrected chi connectivity index (χ0v) is 24.4. The van der Waals surface area contributed by atoms with Crippen molar-refractivity contribution in [1.29, 1.82) is 0 Å². The lowest BCUT2D eigenvalue weighted by Crippen LogP contribution is -2.62. The molecule has 0 saturated heterocycles. The minimum absolute atomic E-state index is 0.00378. The number of allylic oxidation sites excluding steroid dienone is 1. The lowest BCUT2D eigenvalue weighted by atomic mass is 9.46. The second-order valence-corrected chi connectivity index (χ2v) is 12.5. The van der Waals surface area contributed by atoms with Gasteiger partial charge in [-0.3, -0.25) is 14.4 Å². The Morgan fingerprint density at radius 3 is 2.25 bits per heavy atom. The second-order valence-electron chi connectivity index (χ2n) is 12.5. The highest BCUT2D eigenvalue weighted by Gasteiger charge is 2.71. The molecule has 40 heavy (non-hydrogen) atoms. The fraction of sp³-hybridized carbons (Fsp3) is 0.774. The van der Waals surface area contributed by atoms with Crippen molar-refractivity contribution in [2.75, 3.05) is 19.8 Å². The van der Waals surface area contributed by atoms with Crippen LogP contribution in [0.3, 0.4) is 0 Å². The summed E-state index contributed by atoms with van der Waals surface area (Å²) < 4.78 is 21.4. The first kappa shape index (κ1) is 30.3. The normalized spacial score (nSPS) is 34.6. The number of carbonyl (C=O) groups is 5. The molecule has 3 saturated carbocycles. The van der Waals surface area contributed by atoms with Gasteiger partial charge in [-0.15, -0.1) is 0 Å². The maximum Gasteiger partial charge on any atom is 0.509 e.